The molecule has 0 fully saturated rings. The Kier molecular flexibility index (Phi) is 16.5. The molecule has 0 aliphatic rings. The minimum atomic E-state index is -5.82. The summed E-state index contributed by atoms with van der Waals surface area (Å²) in [6.07, 6.45) is 0. The van der Waals surface area contributed by atoms with Crippen molar-refractivity contribution in [1.29, 1.82) is 0 Å². The molecule has 0 amide bonds. The zero-order valence-corrected chi connectivity index (χ0v) is 10.8. The average molecular weight is 356 g/mol. The molecule has 5 N–H and O–H groups in total. The van der Waals surface area contributed by atoms with Gasteiger partial charge in [0.05, 0.1) is 0 Å². The van der Waals surface area contributed by atoms with Crippen molar-refractivity contribution in [3.63, 3.8) is 0 Å². The Balaban J connectivity index is -0.0000000833. The van der Waals surface area contributed by atoms with E-state index in [1.807, 2.05) is 0 Å². The Hall–Kier alpha value is 1.19. The molecule has 0 spiro atoms. The molecule has 15 heavy (non-hydrogen) atoms. The van der Waals surface area contributed by atoms with Crippen molar-refractivity contribution in [2.24, 2.45) is 0 Å². The Labute approximate surface area is 106 Å². The maximum atomic E-state index is 9.95. The van der Waals surface area contributed by atoms with Crippen molar-refractivity contribution < 1.29 is 78.3 Å². The SMILES string of the molecule is CC(O)(P(=O)([O-])[O-])P(=O)([O-])[O-].O.O.[Co+2].[Co+2]. The number of aliphatic hydroxyl groups is 1. The van der Waals surface area contributed by atoms with Crippen LogP contribution in [0.2, 0.25) is 0 Å². The second-order valence-electron chi connectivity index (χ2n) is 1.97. The fourth-order valence-electron chi connectivity index (χ4n) is 0.150. The molecule has 0 aliphatic heterocycles. The normalized spacial score (nSPS) is 11.1. The van der Waals surface area contributed by atoms with Crippen molar-refractivity contribution in [1.82, 2.24) is 0 Å². The number of rotatable bonds is 2. The van der Waals surface area contributed by atoms with E-state index in [0.29, 0.717) is 0 Å². The molecule has 0 unspecified atom stereocenters. The molecule has 0 saturated heterocycles. The topological polar surface area (TPSA) is 210 Å². The van der Waals surface area contributed by atoms with E-state index in [2.05, 4.69) is 0 Å². The number of hydrogen-bond acceptors (Lipinski definition) is 7. The van der Waals surface area contributed by atoms with E-state index in [0.717, 1.165) is 0 Å². The molecule has 0 aliphatic carbocycles. The van der Waals surface area contributed by atoms with E-state index >= 15 is 0 Å². The van der Waals surface area contributed by atoms with Crippen molar-refractivity contribution >= 4 is 15.2 Å². The van der Waals surface area contributed by atoms with E-state index in [9.17, 15) is 28.7 Å². The van der Waals surface area contributed by atoms with Gasteiger partial charge in [0.25, 0.3) is 0 Å². The molecule has 0 aromatic carbocycles. The Morgan fingerprint density at radius 3 is 1.07 bits per heavy atom. The van der Waals surface area contributed by atoms with Gasteiger partial charge in [-0.15, -0.1) is 0 Å². The van der Waals surface area contributed by atoms with Gasteiger partial charge in [0.1, 0.15) is 5.08 Å². The molecule has 2 radical (unpaired) electrons. The molecule has 0 heterocycles. The monoisotopic (exact) mass is 356 g/mol. The van der Waals surface area contributed by atoms with Crippen LogP contribution in [0, 0.1) is 0 Å². The summed E-state index contributed by atoms with van der Waals surface area (Å²) < 4.78 is 19.9. The van der Waals surface area contributed by atoms with Crippen LogP contribution in [-0.2, 0) is 42.7 Å². The maximum Gasteiger partial charge on any atom is 2.00 e. The maximum absolute atomic E-state index is 9.95. The fraction of sp³-hybridized carbons (Fsp3) is 1.00. The first-order valence-electron chi connectivity index (χ1n) is 2.27. The molecule has 0 bridgehead atoms. The van der Waals surface area contributed by atoms with E-state index < -0.39 is 20.3 Å². The van der Waals surface area contributed by atoms with Crippen molar-refractivity contribution in [3.8, 4) is 0 Å². The van der Waals surface area contributed by atoms with Gasteiger partial charge in [0.15, 0.2) is 0 Å². The summed E-state index contributed by atoms with van der Waals surface area (Å²) in [5.74, 6) is 0. The van der Waals surface area contributed by atoms with Crippen LogP contribution < -0.4 is 19.6 Å². The van der Waals surface area contributed by atoms with Gasteiger partial charge in [-0.1, -0.05) is 0 Å². The van der Waals surface area contributed by atoms with Crippen LogP contribution in [0.4, 0.5) is 0 Å². The summed E-state index contributed by atoms with van der Waals surface area (Å²) in [5, 5.41) is 4.68. The van der Waals surface area contributed by atoms with Crippen LogP contribution >= 0.6 is 15.2 Å². The van der Waals surface area contributed by atoms with E-state index in [1.54, 1.807) is 0 Å². The van der Waals surface area contributed by atoms with E-state index in [1.165, 1.54) is 0 Å². The second-order valence-corrected chi connectivity index (χ2v) is 6.05. The van der Waals surface area contributed by atoms with Gasteiger partial charge < -0.3 is 44.8 Å². The molecule has 0 atom stereocenters. The predicted molar refractivity (Wildman–Crippen MR) is 33.1 cm³/mol. The minimum Gasteiger partial charge on any atom is -0.808 e. The van der Waals surface area contributed by atoms with Gasteiger partial charge in [0, 0.05) is 0 Å². The molecule has 0 saturated carbocycles. The summed E-state index contributed by atoms with van der Waals surface area (Å²) in [7, 11) is -11.6. The Bertz CT molecular complexity index is 216. The van der Waals surface area contributed by atoms with Crippen molar-refractivity contribution in [2.45, 2.75) is 12.0 Å². The fourth-order valence-corrected chi connectivity index (χ4v) is 1.35. The standard InChI is InChI=1S/C2H8O7P2.2Co.2H2O/c1-2(3,10(4,5)6)11(7,8)9;;;;/h3H,1H3,(H2,4,5,6)(H2,7,8,9);;;2*1H2/q;2*+2;;/p-4. The predicted octanol–water partition coefficient (Wildman–Crippen LogP) is -5.17. The van der Waals surface area contributed by atoms with Crippen LogP contribution in [0.25, 0.3) is 0 Å². The Morgan fingerprint density at radius 1 is 0.933 bits per heavy atom. The van der Waals surface area contributed by atoms with Gasteiger partial charge in [-0.25, -0.2) is 0 Å². The molecule has 0 rings (SSSR count). The summed E-state index contributed by atoms with van der Waals surface area (Å²) in [4.78, 5) is 39.8. The first-order chi connectivity index (χ1) is 4.50. The molecule has 9 nitrogen and oxygen atoms in total. The third kappa shape index (κ3) is 7.18. The van der Waals surface area contributed by atoms with E-state index in [4.69, 9.17) is 5.11 Å². The van der Waals surface area contributed by atoms with Gasteiger partial charge >= 0.3 is 33.6 Å². The van der Waals surface area contributed by atoms with Crippen LogP contribution in [0.1, 0.15) is 6.92 Å². The van der Waals surface area contributed by atoms with Crippen LogP contribution in [0.3, 0.4) is 0 Å². The van der Waals surface area contributed by atoms with Crippen LogP contribution in [0.5, 0.6) is 0 Å². The van der Waals surface area contributed by atoms with E-state index in [-0.39, 0.29) is 51.4 Å². The first kappa shape index (κ1) is 29.8. The van der Waals surface area contributed by atoms with Gasteiger partial charge in [-0.2, -0.15) is 0 Å². The van der Waals surface area contributed by atoms with Gasteiger partial charge in [-0.3, -0.25) is 0 Å². The van der Waals surface area contributed by atoms with Crippen LogP contribution in [0.15, 0.2) is 0 Å². The summed E-state index contributed by atoms with van der Waals surface area (Å²) >= 11 is 0. The molecular weight excluding hydrogens is 348 g/mol. The quantitative estimate of drug-likeness (QED) is 0.475. The smallest absolute Gasteiger partial charge is 0.808 e. The average Bonchev–Trinajstić information content (AvgIpc) is 1.58. The largest absolute Gasteiger partial charge is 2.00 e. The van der Waals surface area contributed by atoms with Gasteiger partial charge in [0.2, 0.25) is 0 Å². The molecule has 0 aromatic rings. The second kappa shape index (κ2) is 8.31. The van der Waals surface area contributed by atoms with Crippen molar-refractivity contribution in [2.75, 3.05) is 0 Å². The summed E-state index contributed by atoms with van der Waals surface area (Å²) in [6.45, 7) is 0.133. The van der Waals surface area contributed by atoms with Crippen LogP contribution in [-0.4, -0.2) is 21.1 Å². The Morgan fingerprint density at radius 2 is 1.07 bits per heavy atom. The molecular formula is C2H8Co2O9P2. The third-order valence-corrected chi connectivity index (χ3v) is 4.58. The summed E-state index contributed by atoms with van der Waals surface area (Å²) in [6, 6.07) is 0. The van der Waals surface area contributed by atoms with Crippen molar-refractivity contribution in [3.05, 3.63) is 0 Å². The molecule has 98 valence electrons. The number of hydrogen-bond donors (Lipinski definition) is 1. The molecule has 13 heteroatoms. The first-order valence-corrected chi connectivity index (χ1v) is 5.35. The molecule has 0 aromatic heterocycles. The zero-order chi connectivity index (χ0) is 9.50. The zero-order valence-electron chi connectivity index (χ0n) is 6.96. The minimum absolute atomic E-state index is 0. The summed E-state index contributed by atoms with van der Waals surface area (Å²) in [5.41, 5.74) is 0. The third-order valence-electron chi connectivity index (χ3n) is 1.04. The van der Waals surface area contributed by atoms with Gasteiger partial charge in [-0.05, 0) is 22.1 Å².